The molecule has 0 saturated heterocycles. The molecule has 0 fully saturated rings. The fourth-order valence-electron chi connectivity index (χ4n) is 1.97. The molecule has 0 unspecified atom stereocenters. The second kappa shape index (κ2) is 4.33. The van der Waals surface area contributed by atoms with E-state index >= 15 is 0 Å². The quantitative estimate of drug-likeness (QED) is 0.820. The molecule has 1 heterocycles. The van der Waals surface area contributed by atoms with Crippen molar-refractivity contribution in [2.45, 2.75) is 49.8 Å². The molecule has 0 spiro atoms. The second-order valence-corrected chi connectivity index (χ2v) is 7.14. The van der Waals surface area contributed by atoms with Gasteiger partial charge in [-0.25, -0.2) is 9.78 Å². The van der Waals surface area contributed by atoms with E-state index in [0.29, 0.717) is 10.6 Å². The Labute approximate surface area is 106 Å². The summed E-state index contributed by atoms with van der Waals surface area (Å²) in [6.07, 6.45) is 3.03. The summed E-state index contributed by atoms with van der Waals surface area (Å²) in [7, 11) is 0. The number of aromatic nitrogens is 1. The molecular formula is C13H17NO2S. The van der Waals surface area contributed by atoms with Crippen molar-refractivity contribution in [1.29, 1.82) is 0 Å². The third kappa shape index (κ3) is 2.80. The first-order valence-corrected chi connectivity index (χ1v) is 6.63. The standard InChI is InChI=1S/C13H17NO2S/c1-13(2,3)17-11-9(12(15)16)7-8-5-4-6-10(8)14-11/h7H,4-6H2,1-3H3,(H,15,16). The maximum Gasteiger partial charge on any atom is 0.338 e. The summed E-state index contributed by atoms with van der Waals surface area (Å²) < 4.78 is -0.0238. The average Bonchev–Trinajstić information content (AvgIpc) is 2.60. The molecule has 0 aromatic carbocycles. The van der Waals surface area contributed by atoms with Crippen LogP contribution in [-0.2, 0) is 12.8 Å². The van der Waals surface area contributed by atoms with Crippen LogP contribution < -0.4 is 0 Å². The first kappa shape index (κ1) is 12.4. The van der Waals surface area contributed by atoms with Crippen LogP contribution in [-0.4, -0.2) is 20.8 Å². The van der Waals surface area contributed by atoms with Crippen molar-refractivity contribution < 1.29 is 9.90 Å². The molecule has 1 aromatic rings. The minimum Gasteiger partial charge on any atom is -0.478 e. The fourth-order valence-corrected chi connectivity index (χ4v) is 2.97. The van der Waals surface area contributed by atoms with E-state index in [4.69, 9.17) is 0 Å². The smallest absolute Gasteiger partial charge is 0.338 e. The molecular weight excluding hydrogens is 234 g/mol. The molecule has 0 saturated carbocycles. The van der Waals surface area contributed by atoms with Gasteiger partial charge >= 0.3 is 5.97 Å². The number of rotatable bonds is 2. The van der Waals surface area contributed by atoms with E-state index in [1.807, 2.05) is 6.07 Å². The van der Waals surface area contributed by atoms with E-state index in [1.165, 1.54) is 11.8 Å². The second-order valence-electron chi connectivity index (χ2n) is 5.32. The van der Waals surface area contributed by atoms with Crippen molar-refractivity contribution in [3.05, 3.63) is 22.9 Å². The van der Waals surface area contributed by atoms with Crippen LogP contribution in [0.3, 0.4) is 0 Å². The van der Waals surface area contributed by atoms with Gasteiger partial charge in [-0.05, 0) is 30.9 Å². The highest BCUT2D eigenvalue weighted by Crippen LogP contribution is 2.35. The maximum atomic E-state index is 11.3. The fraction of sp³-hybridized carbons (Fsp3) is 0.538. The van der Waals surface area contributed by atoms with Gasteiger partial charge < -0.3 is 5.11 Å². The minimum atomic E-state index is -0.876. The number of nitrogens with zero attached hydrogens (tertiary/aromatic N) is 1. The lowest BCUT2D eigenvalue weighted by atomic mass is 10.1. The van der Waals surface area contributed by atoms with Gasteiger partial charge in [0.1, 0.15) is 5.03 Å². The lowest BCUT2D eigenvalue weighted by molar-refractivity contribution is 0.0692. The monoisotopic (exact) mass is 251 g/mol. The minimum absolute atomic E-state index is 0.0238. The molecule has 0 radical (unpaired) electrons. The van der Waals surface area contributed by atoms with Crippen LogP contribution in [0.25, 0.3) is 0 Å². The van der Waals surface area contributed by atoms with Crippen molar-refractivity contribution in [2.75, 3.05) is 0 Å². The van der Waals surface area contributed by atoms with Gasteiger partial charge in [0.2, 0.25) is 0 Å². The Morgan fingerprint density at radius 2 is 2.12 bits per heavy atom. The van der Waals surface area contributed by atoms with Crippen molar-refractivity contribution in [3.63, 3.8) is 0 Å². The van der Waals surface area contributed by atoms with Crippen molar-refractivity contribution >= 4 is 17.7 Å². The average molecular weight is 251 g/mol. The van der Waals surface area contributed by atoms with Crippen LogP contribution in [0, 0.1) is 0 Å². The summed E-state index contributed by atoms with van der Waals surface area (Å²) in [6, 6.07) is 1.81. The van der Waals surface area contributed by atoms with Crippen molar-refractivity contribution in [2.24, 2.45) is 0 Å². The van der Waals surface area contributed by atoms with Gasteiger partial charge in [0, 0.05) is 10.4 Å². The van der Waals surface area contributed by atoms with Crippen LogP contribution in [0.5, 0.6) is 0 Å². The Balaban J connectivity index is 2.45. The molecule has 0 aliphatic heterocycles. The number of aryl methyl sites for hydroxylation is 2. The van der Waals surface area contributed by atoms with E-state index in [-0.39, 0.29) is 4.75 Å². The lowest BCUT2D eigenvalue weighted by Crippen LogP contribution is -2.11. The summed E-state index contributed by atoms with van der Waals surface area (Å²) in [4.78, 5) is 15.8. The van der Waals surface area contributed by atoms with Crippen LogP contribution in [0.4, 0.5) is 0 Å². The first-order valence-electron chi connectivity index (χ1n) is 5.82. The highest BCUT2D eigenvalue weighted by atomic mass is 32.2. The topological polar surface area (TPSA) is 50.2 Å². The number of fused-ring (bicyclic) bond motifs is 1. The van der Waals surface area contributed by atoms with Gasteiger partial charge in [0.05, 0.1) is 5.56 Å². The zero-order chi connectivity index (χ0) is 12.6. The highest BCUT2D eigenvalue weighted by molar-refractivity contribution is 8.00. The molecule has 1 aliphatic rings. The number of hydrogen-bond acceptors (Lipinski definition) is 3. The van der Waals surface area contributed by atoms with Gasteiger partial charge in [0.25, 0.3) is 0 Å². The number of carbonyl (C=O) groups is 1. The number of pyridine rings is 1. The first-order chi connectivity index (χ1) is 7.87. The molecule has 0 atom stereocenters. The zero-order valence-electron chi connectivity index (χ0n) is 10.4. The van der Waals surface area contributed by atoms with Gasteiger partial charge in [-0.2, -0.15) is 0 Å². The third-order valence-electron chi connectivity index (χ3n) is 2.65. The Morgan fingerprint density at radius 1 is 1.41 bits per heavy atom. The molecule has 17 heavy (non-hydrogen) atoms. The zero-order valence-corrected chi connectivity index (χ0v) is 11.2. The molecule has 0 bridgehead atoms. The van der Waals surface area contributed by atoms with E-state index < -0.39 is 5.97 Å². The SMILES string of the molecule is CC(C)(C)Sc1nc2c(cc1C(=O)O)CCC2. The largest absolute Gasteiger partial charge is 0.478 e. The number of aromatic carboxylic acids is 1. The molecule has 2 rings (SSSR count). The third-order valence-corrected chi connectivity index (χ3v) is 3.77. The van der Waals surface area contributed by atoms with Gasteiger partial charge in [0.15, 0.2) is 0 Å². The van der Waals surface area contributed by atoms with E-state index in [0.717, 1.165) is 30.5 Å². The molecule has 1 aromatic heterocycles. The summed E-state index contributed by atoms with van der Waals surface area (Å²) >= 11 is 1.53. The Morgan fingerprint density at radius 3 is 2.71 bits per heavy atom. The number of thioether (sulfide) groups is 1. The van der Waals surface area contributed by atoms with Crippen LogP contribution in [0.15, 0.2) is 11.1 Å². The summed E-state index contributed by atoms with van der Waals surface area (Å²) in [5, 5.41) is 9.90. The maximum absolute atomic E-state index is 11.3. The predicted molar refractivity (Wildman–Crippen MR) is 68.8 cm³/mol. The predicted octanol–water partition coefficient (Wildman–Crippen LogP) is 3.16. The summed E-state index contributed by atoms with van der Waals surface area (Å²) in [6.45, 7) is 6.20. The summed E-state index contributed by atoms with van der Waals surface area (Å²) in [5.41, 5.74) is 2.55. The highest BCUT2D eigenvalue weighted by Gasteiger charge is 2.23. The van der Waals surface area contributed by atoms with E-state index in [9.17, 15) is 9.90 Å². The molecule has 92 valence electrons. The molecule has 3 nitrogen and oxygen atoms in total. The lowest BCUT2D eigenvalue weighted by Gasteiger charge is -2.18. The molecule has 1 aliphatic carbocycles. The van der Waals surface area contributed by atoms with Gasteiger partial charge in [-0.15, -0.1) is 0 Å². The Hall–Kier alpha value is -1.03. The normalized spacial score (nSPS) is 14.8. The van der Waals surface area contributed by atoms with E-state index in [2.05, 4.69) is 25.8 Å². The van der Waals surface area contributed by atoms with Crippen LogP contribution in [0.2, 0.25) is 0 Å². The molecule has 4 heteroatoms. The Kier molecular flexibility index (Phi) is 3.17. The molecule has 1 N–H and O–H groups in total. The van der Waals surface area contributed by atoms with Crippen LogP contribution in [0.1, 0.15) is 48.8 Å². The van der Waals surface area contributed by atoms with Crippen LogP contribution >= 0.6 is 11.8 Å². The van der Waals surface area contributed by atoms with Crippen molar-refractivity contribution in [3.8, 4) is 0 Å². The van der Waals surface area contributed by atoms with Crippen molar-refractivity contribution in [1.82, 2.24) is 4.98 Å². The number of hydrogen-bond donors (Lipinski definition) is 1. The summed E-state index contributed by atoms with van der Waals surface area (Å²) in [5.74, 6) is -0.876. The van der Waals surface area contributed by atoms with Gasteiger partial charge in [-0.3, -0.25) is 0 Å². The van der Waals surface area contributed by atoms with Gasteiger partial charge in [-0.1, -0.05) is 32.5 Å². The number of carboxylic acids is 1. The number of carboxylic acid groups (broad SMARTS) is 1. The Bertz CT molecular complexity index is 463. The molecule has 0 amide bonds. The van der Waals surface area contributed by atoms with E-state index in [1.54, 1.807) is 0 Å².